The van der Waals surface area contributed by atoms with Gasteiger partial charge in [-0.2, -0.15) is 4.98 Å². The van der Waals surface area contributed by atoms with Crippen molar-refractivity contribution in [3.8, 4) is 0 Å². The molecule has 1 aromatic heterocycles. The Morgan fingerprint density at radius 2 is 2.06 bits per heavy atom. The Labute approximate surface area is 90.3 Å². The van der Waals surface area contributed by atoms with E-state index in [4.69, 9.17) is 0 Å². The van der Waals surface area contributed by atoms with E-state index in [-0.39, 0.29) is 0 Å². The average molecular weight is 225 g/mol. The first kappa shape index (κ1) is 10.7. The van der Waals surface area contributed by atoms with E-state index in [1.165, 1.54) is 12.5 Å². The molecule has 6 heteroatoms. The summed E-state index contributed by atoms with van der Waals surface area (Å²) in [7, 11) is 0. The van der Waals surface area contributed by atoms with Gasteiger partial charge in [0.2, 0.25) is 6.39 Å². The second-order valence-electron chi connectivity index (χ2n) is 3.20. The molecular formula is C10H9F2N3O. The number of hydrogen-bond acceptors (Lipinski definition) is 4. The van der Waals surface area contributed by atoms with Gasteiger partial charge in [-0.25, -0.2) is 8.78 Å². The van der Waals surface area contributed by atoms with Crippen molar-refractivity contribution in [3.63, 3.8) is 0 Å². The van der Waals surface area contributed by atoms with Gasteiger partial charge in [-0.1, -0.05) is 11.2 Å². The number of benzene rings is 1. The van der Waals surface area contributed by atoms with Gasteiger partial charge in [0.1, 0.15) is 0 Å². The summed E-state index contributed by atoms with van der Waals surface area (Å²) in [6.07, 6.45) is 1.23. The van der Waals surface area contributed by atoms with Gasteiger partial charge < -0.3 is 9.84 Å². The molecule has 2 rings (SSSR count). The van der Waals surface area contributed by atoms with Crippen LogP contribution in [0.3, 0.4) is 0 Å². The van der Waals surface area contributed by atoms with Crippen LogP contribution in [0.4, 0.5) is 8.78 Å². The number of nitrogens with zero attached hydrogens (tertiary/aromatic N) is 2. The molecule has 0 bridgehead atoms. The van der Waals surface area contributed by atoms with Gasteiger partial charge in [0.15, 0.2) is 17.5 Å². The summed E-state index contributed by atoms with van der Waals surface area (Å²) in [5, 5.41) is 6.57. The highest BCUT2D eigenvalue weighted by Crippen LogP contribution is 2.08. The maximum absolute atomic E-state index is 12.8. The lowest BCUT2D eigenvalue weighted by molar-refractivity contribution is 0.407. The van der Waals surface area contributed by atoms with Crippen molar-refractivity contribution < 1.29 is 13.3 Å². The lowest BCUT2D eigenvalue weighted by Crippen LogP contribution is -2.13. The molecule has 1 N–H and O–H groups in total. The predicted octanol–water partition coefficient (Wildman–Crippen LogP) is 1.64. The van der Waals surface area contributed by atoms with Crippen LogP contribution in [0.5, 0.6) is 0 Å². The number of aromatic nitrogens is 2. The molecule has 0 unspecified atom stereocenters. The summed E-state index contributed by atoms with van der Waals surface area (Å²) in [4.78, 5) is 3.80. The van der Waals surface area contributed by atoms with E-state index < -0.39 is 11.6 Å². The molecule has 0 aliphatic rings. The van der Waals surface area contributed by atoms with E-state index in [0.29, 0.717) is 24.5 Å². The van der Waals surface area contributed by atoms with Gasteiger partial charge in [-0.15, -0.1) is 0 Å². The lowest BCUT2D eigenvalue weighted by Gasteiger charge is -2.02. The van der Waals surface area contributed by atoms with Gasteiger partial charge in [0.25, 0.3) is 0 Å². The van der Waals surface area contributed by atoms with Crippen molar-refractivity contribution in [1.29, 1.82) is 0 Å². The highest BCUT2D eigenvalue weighted by molar-refractivity contribution is 5.17. The molecule has 0 saturated carbocycles. The fourth-order valence-electron chi connectivity index (χ4n) is 1.24. The largest absolute Gasteiger partial charge is 0.343 e. The fourth-order valence-corrected chi connectivity index (χ4v) is 1.24. The Kier molecular flexibility index (Phi) is 3.21. The van der Waals surface area contributed by atoms with Crippen molar-refractivity contribution >= 4 is 0 Å². The van der Waals surface area contributed by atoms with Gasteiger partial charge in [0.05, 0.1) is 6.54 Å². The third-order valence-electron chi connectivity index (χ3n) is 2.00. The molecule has 0 atom stereocenters. The highest BCUT2D eigenvalue weighted by Gasteiger charge is 2.02. The zero-order valence-electron chi connectivity index (χ0n) is 8.28. The normalized spacial score (nSPS) is 10.6. The first-order chi connectivity index (χ1) is 7.75. The molecule has 0 fully saturated rings. The summed E-state index contributed by atoms with van der Waals surface area (Å²) in [5.41, 5.74) is 0.655. The van der Waals surface area contributed by atoms with Crippen LogP contribution in [0.2, 0.25) is 0 Å². The third kappa shape index (κ3) is 2.60. The predicted molar refractivity (Wildman–Crippen MR) is 51.2 cm³/mol. The van der Waals surface area contributed by atoms with Gasteiger partial charge >= 0.3 is 0 Å². The summed E-state index contributed by atoms with van der Waals surface area (Å²) < 4.78 is 30.0. The Balaban J connectivity index is 1.87. The van der Waals surface area contributed by atoms with Crippen LogP contribution < -0.4 is 5.32 Å². The van der Waals surface area contributed by atoms with Gasteiger partial charge in [0, 0.05) is 6.54 Å². The minimum absolute atomic E-state index is 0.408. The van der Waals surface area contributed by atoms with E-state index in [1.54, 1.807) is 0 Å². The molecule has 16 heavy (non-hydrogen) atoms. The molecule has 0 saturated heterocycles. The average Bonchev–Trinajstić information content (AvgIpc) is 2.76. The quantitative estimate of drug-likeness (QED) is 0.859. The smallest absolute Gasteiger partial charge is 0.213 e. The molecule has 4 nitrogen and oxygen atoms in total. The minimum Gasteiger partial charge on any atom is -0.343 e. The molecule has 1 aromatic carbocycles. The van der Waals surface area contributed by atoms with Gasteiger partial charge in [-0.3, -0.25) is 0 Å². The Morgan fingerprint density at radius 3 is 2.75 bits per heavy atom. The maximum atomic E-state index is 12.8. The van der Waals surface area contributed by atoms with E-state index in [2.05, 4.69) is 20.0 Å². The van der Waals surface area contributed by atoms with Crippen molar-refractivity contribution in [3.05, 3.63) is 47.6 Å². The van der Waals surface area contributed by atoms with E-state index in [9.17, 15) is 8.78 Å². The van der Waals surface area contributed by atoms with E-state index in [0.717, 1.165) is 12.1 Å². The van der Waals surface area contributed by atoms with Crippen LogP contribution in [0.15, 0.2) is 29.1 Å². The molecule has 0 amide bonds. The molecule has 0 radical (unpaired) electrons. The van der Waals surface area contributed by atoms with E-state index >= 15 is 0 Å². The Bertz CT molecular complexity index is 459. The SMILES string of the molecule is Fc1ccc(CNCc2ncon2)cc1F. The van der Waals surface area contributed by atoms with Gasteiger partial charge in [-0.05, 0) is 17.7 Å². The first-order valence-electron chi connectivity index (χ1n) is 4.65. The van der Waals surface area contributed by atoms with Crippen LogP contribution in [0.25, 0.3) is 0 Å². The van der Waals surface area contributed by atoms with Crippen molar-refractivity contribution in [2.45, 2.75) is 13.1 Å². The highest BCUT2D eigenvalue weighted by atomic mass is 19.2. The van der Waals surface area contributed by atoms with Crippen molar-refractivity contribution in [2.75, 3.05) is 0 Å². The second kappa shape index (κ2) is 4.80. The molecule has 1 heterocycles. The molecule has 0 aliphatic heterocycles. The van der Waals surface area contributed by atoms with Crippen LogP contribution in [0.1, 0.15) is 11.4 Å². The van der Waals surface area contributed by atoms with Crippen molar-refractivity contribution in [1.82, 2.24) is 15.5 Å². The van der Waals surface area contributed by atoms with Crippen LogP contribution in [-0.4, -0.2) is 10.1 Å². The topological polar surface area (TPSA) is 51.0 Å². The first-order valence-corrected chi connectivity index (χ1v) is 4.65. The standard InChI is InChI=1S/C10H9F2N3O/c11-8-2-1-7(3-9(8)12)4-13-5-10-14-6-16-15-10/h1-3,6,13H,4-5H2. The van der Waals surface area contributed by atoms with Crippen molar-refractivity contribution in [2.24, 2.45) is 0 Å². The summed E-state index contributed by atoms with van der Waals surface area (Å²) in [5.74, 6) is -1.18. The van der Waals surface area contributed by atoms with Crippen LogP contribution >= 0.6 is 0 Å². The maximum Gasteiger partial charge on any atom is 0.213 e. The minimum atomic E-state index is -0.848. The van der Waals surface area contributed by atoms with E-state index in [1.807, 2.05) is 0 Å². The number of nitrogens with one attached hydrogen (secondary N) is 1. The summed E-state index contributed by atoms with van der Waals surface area (Å²) in [6.45, 7) is 0.821. The monoisotopic (exact) mass is 225 g/mol. The number of hydrogen-bond donors (Lipinski definition) is 1. The molecule has 84 valence electrons. The lowest BCUT2D eigenvalue weighted by atomic mass is 10.2. The fraction of sp³-hybridized carbons (Fsp3) is 0.200. The zero-order chi connectivity index (χ0) is 11.4. The van der Waals surface area contributed by atoms with Crippen LogP contribution in [-0.2, 0) is 13.1 Å². The summed E-state index contributed by atoms with van der Waals surface area (Å²) in [6, 6.07) is 3.76. The molecule has 0 spiro atoms. The van der Waals surface area contributed by atoms with Crippen LogP contribution in [0, 0.1) is 11.6 Å². The summed E-state index contributed by atoms with van der Waals surface area (Å²) >= 11 is 0. The zero-order valence-corrected chi connectivity index (χ0v) is 8.28. The Hall–Kier alpha value is -1.82. The third-order valence-corrected chi connectivity index (χ3v) is 2.00. The molecule has 0 aliphatic carbocycles. The number of halogens is 2. The molecular weight excluding hydrogens is 216 g/mol. The second-order valence-corrected chi connectivity index (χ2v) is 3.20. The number of rotatable bonds is 4. The molecule has 2 aromatic rings. The Morgan fingerprint density at radius 1 is 1.19 bits per heavy atom.